The molecule has 2 aromatic carbocycles. The molecule has 154 valence electrons. The second-order valence-corrected chi connectivity index (χ2v) is 6.57. The minimum Gasteiger partial charge on any atom is -0.368 e. The molecule has 0 bridgehead atoms. The van der Waals surface area contributed by atoms with Gasteiger partial charge < -0.3 is 11.5 Å². The average molecular weight is 411 g/mol. The summed E-state index contributed by atoms with van der Waals surface area (Å²) in [7, 11) is 0. The molecule has 4 aromatic rings. The molecule has 8 heteroatoms. The van der Waals surface area contributed by atoms with Crippen LogP contribution in [0.5, 0.6) is 0 Å². The Morgan fingerprint density at radius 3 is 2.13 bits per heavy atom. The number of anilines is 1. The van der Waals surface area contributed by atoms with E-state index in [0.29, 0.717) is 12.2 Å². The van der Waals surface area contributed by atoms with Crippen molar-refractivity contribution >= 4 is 17.0 Å². The van der Waals surface area contributed by atoms with Crippen LogP contribution in [0.4, 0.5) is 19.1 Å². The second kappa shape index (κ2) is 8.87. The summed E-state index contributed by atoms with van der Waals surface area (Å²) in [5.74, 6) is 0.219. The first kappa shape index (κ1) is 21.2. The summed E-state index contributed by atoms with van der Waals surface area (Å²) in [6, 6.07) is 20.3. The Balaban J connectivity index is 0.000000461. The van der Waals surface area contributed by atoms with E-state index in [-0.39, 0.29) is 12.9 Å². The number of nitrogens with two attached hydrogens (primary N) is 2. The lowest BCUT2D eigenvalue weighted by Gasteiger charge is -2.11. The number of nitrogen functional groups attached to an aromatic ring is 1. The van der Waals surface area contributed by atoms with E-state index in [2.05, 4.69) is 28.2 Å². The Kier molecular flexibility index (Phi) is 6.27. The molecule has 0 aliphatic rings. The van der Waals surface area contributed by atoms with Gasteiger partial charge in [0.2, 0.25) is 5.95 Å². The van der Waals surface area contributed by atoms with Crippen molar-refractivity contribution in [2.75, 3.05) is 5.73 Å². The van der Waals surface area contributed by atoms with Crippen molar-refractivity contribution in [2.24, 2.45) is 5.73 Å². The molecule has 4 N–H and O–H groups in total. The smallest absolute Gasteiger partial charge is 0.368 e. The zero-order chi connectivity index (χ0) is 21.7. The first-order valence-electron chi connectivity index (χ1n) is 9.09. The Bertz CT molecular complexity index is 1120. The van der Waals surface area contributed by atoms with Crippen LogP contribution in [0.15, 0.2) is 66.9 Å². The number of fused-ring (bicyclic) bond motifs is 1. The molecule has 5 nitrogen and oxygen atoms in total. The van der Waals surface area contributed by atoms with E-state index in [1.807, 2.05) is 42.5 Å². The first-order chi connectivity index (χ1) is 14.2. The van der Waals surface area contributed by atoms with Crippen molar-refractivity contribution in [1.82, 2.24) is 15.0 Å². The molecule has 0 unspecified atom stereocenters. The van der Waals surface area contributed by atoms with E-state index >= 15 is 0 Å². The van der Waals surface area contributed by atoms with Gasteiger partial charge in [-0.3, -0.25) is 0 Å². The first-order valence-corrected chi connectivity index (χ1v) is 9.09. The fourth-order valence-electron chi connectivity index (χ4n) is 2.83. The average Bonchev–Trinajstić information content (AvgIpc) is 2.72. The normalized spacial score (nSPS) is 11.1. The number of nitrogens with zero attached hydrogens (tertiary/aromatic N) is 3. The maximum Gasteiger partial charge on any atom is 0.386 e. The SMILES string of the molecule is CC(F)(F)F.NCc1ccc(-c2nc3nc(N)ncc3cc2-c2ccccc2)cc1. The molecule has 0 spiro atoms. The summed E-state index contributed by atoms with van der Waals surface area (Å²) < 4.78 is 31.1. The fourth-order valence-corrected chi connectivity index (χ4v) is 2.83. The molecule has 0 atom stereocenters. The van der Waals surface area contributed by atoms with Gasteiger partial charge in [-0.2, -0.15) is 18.2 Å². The third-order valence-corrected chi connectivity index (χ3v) is 4.14. The van der Waals surface area contributed by atoms with Crippen molar-refractivity contribution in [3.05, 3.63) is 72.4 Å². The molecule has 4 rings (SSSR count). The predicted octanol–water partition coefficient (Wildman–Crippen LogP) is 4.97. The molecule has 0 amide bonds. The maximum absolute atomic E-state index is 10.4. The molecule has 2 heterocycles. The number of benzene rings is 2. The van der Waals surface area contributed by atoms with Crippen molar-refractivity contribution < 1.29 is 13.2 Å². The number of hydrogen-bond donors (Lipinski definition) is 2. The van der Waals surface area contributed by atoms with Crippen LogP contribution in [-0.4, -0.2) is 21.1 Å². The van der Waals surface area contributed by atoms with E-state index in [1.165, 1.54) is 0 Å². The molecule has 2 aromatic heterocycles. The Hall–Kier alpha value is -3.52. The van der Waals surface area contributed by atoms with Crippen LogP contribution in [0.25, 0.3) is 33.4 Å². The maximum atomic E-state index is 10.4. The van der Waals surface area contributed by atoms with Gasteiger partial charge >= 0.3 is 6.18 Å². The number of hydrogen-bond acceptors (Lipinski definition) is 5. The Morgan fingerprint density at radius 2 is 1.53 bits per heavy atom. The van der Waals surface area contributed by atoms with E-state index in [4.69, 9.17) is 16.5 Å². The van der Waals surface area contributed by atoms with E-state index in [0.717, 1.165) is 33.3 Å². The number of alkyl halides is 3. The lowest BCUT2D eigenvalue weighted by atomic mass is 9.98. The lowest BCUT2D eigenvalue weighted by Crippen LogP contribution is -1.99. The number of halogens is 3. The van der Waals surface area contributed by atoms with Crippen LogP contribution >= 0.6 is 0 Å². The van der Waals surface area contributed by atoms with Crippen LogP contribution in [0.1, 0.15) is 12.5 Å². The topological polar surface area (TPSA) is 90.7 Å². The van der Waals surface area contributed by atoms with E-state index < -0.39 is 6.18 Å². The highest BCUT2D eigenvalue weighted by molar-refractivity contribution is 5.90. The largest absolute Gasteiger partial charge is 0.386 e. The number of pyridine rings is 1. The van der Waals surface area contributed by atoms with Gasteiger partial charge in [0.25, 0.3) is 0 Å². The zero-order valence-electron chi connectivity index (χ0n) is 16.2. The summed E-state index contributed by atoms with van der Waals surface area (Å²) in [5, 5.41) is 0.857. The van der Waals surface area contributed by atoms with Crippen molar-refractivity contribution in [3.63, 3.8) is 0 Å². The second-order valence-electron chi connectivity index (χ2n) is 6.57. The summed E-state index contributed by atoms with van der Waals surface area (Å²) >= 11 is 0. The summed E-state index contributed by atoms with van der Waals surface area (Å²) in [4.78, 5) is 13.1. The highest BCUT2D eigenvalue weighted by Crippen LogP contribution is 2.33. The number of rotatable bonds is 3. The summed E-state index contributed by atoms with van der Waals surface area (Å²) in [6.45, 7) is 0.702. The minimum absolute atomic E-state index is 0.188. The van der Waals surface area contributed by atoms with Gasteiger partial charge in [-0.15, -0.1) is 0 Å². The molecule has 0 radical (unpaired) electrons. The molecular formula is C22H20F3N5. The predicted molar refractivity (Wildman–Crippen MR) is 112 cm³/mol. The van der Waals surface area contributed by atoms with Crippen LogP contribution in [0.2, 0.25) is 0 Å². The van der Waals surface area contributed by atoms with Crippen LogP contribution < -0.4 is 11.5 Å². The molecule has 30 heavy (non-hydrogen) atoms. The van der Waals surface area contributed by atoms with Gasteiger partial charge in [0.1, 0.15) is 0 Å². The van der Waals surface area contributed by atoms with Gasteiger partial charge in [-0.05, 0) is 17.2 Å². The molecular weight excluding hydrogens is 391 g/mol. The quantitative estimate of drug-likeness (QED) is 0.497. The van der Waals surface area contributed by atoms with Crippen LogP contribution in [0, 0.1) is 0 Å². The standard InChI is InChI=1S/C20H17N5.C2H3F3/c21-11-13-6-8-15(9-7-13)18-17(14-4-2-1-3-5-14)10-16-12-23-20(22)25-19(16)24-18;1-2(3,4)5/h1-10,12H,11,21H2,(H2,22,23,24,25);1H3. The Labute approximate surface area is 171 Å². The molecule has 0 saturated heterocycles. The van der Waals surface area contributed by atoms with Gasteiger partial charge in [0.15, 0.2) is 5.65 Å². The van der Waals surface area contributed by atoms with Gasteiger partial charge in [0.05, 0.1) is 5.69 Å². The molecule has 0 aliphatic carbocycles. The fraction of sp³-hybridized carbons (Fsp3) is 0.136. The molecule has 0 aliphatic heterocycles. The lowest BCUT2D eigenvalue weighted by molar-refractivity contribution is -0.110. The van der Waals surface area contributed by atoms with E-state index in [9.17, 15) is 13.2 Å². The highest BCUT2D eigenvalue weighted by Gasteiger charge is 2.15. The van der Waals surface area contributed by atoms with Gasteiger partial charge in [-0.25, -0.2) is 9.97 Å². The zero-order valence-corrected chi connectivity index (χ0v) is 16.2. The minimum atomic E-state index is -4.00. The highest BCUT2D eigenvalue weighted by atomic mass is 19.4. The number of aromatic nitrogens is 3. The monoisotopic (exact) mass is 411 g/mol. The third kappa shape index (κ3) is 5.51. The van der Waals surface area contributed by atoms with Gasteiger partial charge in [-0.1, -0.05) is 54.6 Å². The Morgan fingerprint density at radius 1 is 0.900 bits per heavy atom. The van der Waals surface area contributed by atoms with Crippen molar-refractivity contribution in [3.8, 4) is 22.4 Å². The third-order valence-electron chi connectivity index (χ3n) is 4.14. The van der Waals surface area contributed by atoms with Crippen LogP contribution in [0.3, 0.4) is 0 Å². The van der Waals surface area contributed by atoms with E-state index in [1.54, 1.807) is 6.20 Å². The summed E-state index contributed by atoms with van der Waals surface area (Å²) in [6.07, 6.45) is -2.29. The van der Waals surface area contributed by atoms with Crippen molar-refractivity contribution in [1.29, 1.82) is 0 Å². The molecule has 0 fully saturated rings. The van der Waals surface area contributed by atoms with Gasteiger partial charge in [0, 0.05) is 36.2 Å². The van der Waals surface area contributed by atoms with Crippen LogP contribution in [-0.2, 0) is 6.54 Å². The molecule has 0 saturated carbocycles. The summed E-state index contributed by atoms with van der Waals surface area (Å²) in [5.41, 5.74) is 17.1. The van der Waals surface area contributed by atoms with Crippen molar-refractivity contribution in [2.45, 2.75) is 19.6 Å².